The molecule has 0 radical (unpaired) electrons. The average molecular weight is 804 g/mol. The van der Waals surface area contributed by atoms with E-state index in [-0.39, 0.29) is 37.6 Å². The van der Waals surface area contributed by atoms with Gasteiger partial charge in [-0.2, -0.15) is 0 Å². The Balaban J connectivity index is 1.93. The Morgan fingerprint density at radius 3 is 1.89 bits per heavy atom. The number of nitrogens with zero attached hydrogens (tertiary/aromatic N) is 1. The first-order valence-electron chi connectivity index (χ1n) is 22.1. The van der Waals surface area contributed by atoms with E-state index in [2.05, 4.69) is 29.7 Å². The van der Waals surface area contributed by atoms with Crippen molar-refractivity contribution in [2.75, 3.05) is 20.2 Å². The van der Waals surface area contributed by atoms with Crippen LogP contribution in [0, 0.1) is 5.92 Å². The molecule has 0 aliphatic carbocycles. The quantitative estimate of drug-likeness (QED) is 0.0477. The molecular formula is C45H77N3O9. The Bertz CT molecular complexity index is 1250. The molecule has 6 atom stereocenters. The van der Waals surface area contributed by atoms with Gasteiger partial charge in [0.15, 0.2) is 6.29 Å². The smallest absolute Gasteiger partial charge is 0.303 e. The summed E-state index contributed by atoms with van der Waals surface area (Å²) in [6.45, 7) is 6.54. The van der Waals surface area contributed by atoms with Gasteiger partial charge in [0.05, 0.1) is 6.42 Å². The molecule has 1 aliphatic heterocycles. The van der Waals surface area contributed by atoms with Crippen molar-refractivity contribution in [2.24, 2.45) is 5.92 Å². The van der Waals surface area contributed by atoms with E-state index in [0.717, 1.165) is 38.5 Å². The number of aliphatic hydroxyl groups excluding tert-OH is 2. The number of rotatable bonds is 32. The largest absolute Gasteiger partial charge is 0.481 e. The number of hydrogen-bond donors (Lipinski definition) is 5. The molecule has 1 aromatic carbocycles. The fraction of sp³-hybridized carbons (Fsp3) is 0.778. The molecule has 1 saturated heterocycles. The number of benzene rings is 1. The zero-order chi connectivity index (χ0) is 41.8. The second-order valence-electron chi connectivity index (χ2n) is 16.4. The summed E-state index contributed by atoms with van der Waals surface area (Å²) in [4.78, 5) is 52.2. The summed E-state index contributed by atoms with van der Waals surface area (Å²) >= 11 is 0. The van der Waals surface area contributed by atoms with Crippen LogP contribution < -0.4 is 10.6 Å². The van der Waals surface area contributed by atoms with E-state index in [1.54, 1.807) is 4.90 Å². The molecule has 0 aromatic heterocycles. The van der Waals surface area contributed by atoms with Crippen molar-refractivity contribution in [3.8, 4) is 0 Å². The number of aryl methyl sites for hydroxylation is 1. The van der Waals surface area contributed by atoms with Crippen LogP contribution >= 0.6 is 0 Å². The summed E-state index contributed by atoms with van der Waals surface area (Å²) in [5.74, 6) is -2.34. The van der Waals surface area contributed by atoms with Gasteiger partial charge < -0.3 is 40.3 Å². The fourth-order valence-electron chi connectivity index (χ4n) is 7.51. The number of carbonyl (C=O) groups is 4. The van der Waals surface area contributed by atoms with E-state index in [9.17, 15) is 29.4 Å². The third-order valence-electron chi connectivity index (χ3n) is 10.9. The van der Waals surface area contributed by atoms with E-state index in [4.69, 9.17) is 14.6 Å². The first kappa shape index (κ1) is 50.1. The van der Waals surface area contributed by atoms with Crippen molar-refractivity contribution in [1.82, 2.24) is 15.5 Å². The first-order valence-corrected chi connectivity index (χ1v) is 22.1. The van der Waals surface area contributed by atoms with E-state index >= 15 is 0 Å². The highest BCUT2D eigenvalue weighted by Crippen LogP contribution is 2.24. The van der Waals surface area contributed by atoms with Crippen molar-refractivity contribution in [3.63, 3.8) is 0 Å². The molecule has 2 rings (SSSR count). The lowest BCUT2D eigenvalue weighted by molar-refractivity contribution is -0.259. The van der Waals surface area contributed by atoms with Gasteiger partial charge >= 0.3 is 5.97 Å². The molecule has 0 bridgehead atoms. The molecule has 1 aromatic rings. The summed E-state index contributed by atoms with van der Waals surface area (Å²) in [6, 6.07) is 8.02. The number of ether oxygens (including phenoxy) is 2. The van der Waals surface area contributed by atoms with Gasteiger partial charge in [0.2, 0.25) is 17.7 Å². The van der Waals surface area contributed by atoms with Gasteiger partial charge in [0, 0.05) is 33.0 Å². The highest BCUT2D eigenvalue weighted by molar-refractivity contribution is 5.88. The molecule has 1 heterocycles. The van der Waals surface area contributed by atoms with Crippen molar-refractivity contribution in [1.29, 1.82) is 0 Å². The van der Waals surface area contributed by atoms with Crippen molar-refractivity contribution in [3.05, 3.63) is 35.9 Å². The van der Waals surface area contributed by atoms with Gasteiger partial charge in [0.25, 0.3) is 0 Å². The number of carboxylic acids is 1. The number of aliphatic hydroxyl groups is 2. The Hall–Kier alpha value is -3.06. The SMILES string of the molecule is CCCCCCCCCCCCCCCCCC(=O)N(CCCCc1ccccc1)C[C@H]1O[C@H](OC)[C@@H](NC(=O)[C@H](CC(C)C)NC(=O)CCC(=O)O)[C@@H](O)[C@@H]1O. The lowest BCUT2D eigenvalue weighted by Crippen LogP contribution is -2.67. The molecule has 5 N–H and O–H groups in total. The van der Waals surface area contributed by atoms with Crippen LogP contribution in [0.5, 0.6) is 0 Å². The van der Waals surface area contributed by atoms with Crippen LogP contribution in [0.25, 0.3) is 0 Å². The maximum Gasteiger partial charge on any atom is 0.303 e. The predicted molar refractivity (Wildman–Crippen MR) is 223 cm³/mol. The van der Waals surface area contributed by atoms with Crippen LogP contribution in [0.15, 0.2) is 30.3 Å². The molecule has 57 heavy (non-hydrogen) atoms. The van der Waals surface area contributed by atoms with Crippen LogP contribution in [-0.2, 0) is 35.1 Å². The molecule has 12 nitrogen and oxygen atoms in total. The second kappa shape index (κ2) is 30.1. The number of aliphatic carboxylic acids is 1. The average Bonchev–Trinajstić information content (AvgIpc) is 3.19. The van der Waals surface area contributed by atoms with Crippen molar-refractivity contribution < 1.29 is 44.0 Å². The maximum atomic E-state index is 13.7. The van der Waals surface area contributed by atoms with E-state index in [1.165, 1.54) is 89.7 Å². The molecule has 3 amide bonds. The predicted octanol–water partition coefficient (Wildman–Crippen LogP) is 7.07. The third kappa shape index (κ3) is 21.5. The maximum absolute atomic E-state index is 13.7. The standard InChI is InChI=1S/C45H77N3O9/c1-5-6-7-8-9-10-11-12-13-14-15-16-17-18-22-28-39(50)48(31-24-23-27-35-25-20-19-21-26-35)33-37-42(53)43(54)41(45(56-4)57-37)47-44(55)36(32-34(2)3)46-38(49)29-30-40(51)52/h19-21,25-26,34,36-37,41-43,45,53-54H,5-18,22-24,27-33H2,1-4H3,(H,46,49)(H,47,55)(H,51,52)/t36-,37+,41-,42+,43+,45-/m0/s1. The number of hydrogen-bond acceptors (Lipinski definition) is 8. The minimum absolute atomic E-state index is 0.00632. The van der Waals surface area contributed by atoms with E-state index < -0.39 is 54.5 Å². The highest BCUT2D eigenvalue weighted by Gasteiger charge is 2.46. The summed E-state index contributed by atoms with van der Waals surface area (Å²) in [5.41, 5.74) is 1.23. The molecule has 0 saturated carbocycles. The molecule has 0 spiro atoms. The molecule has 326 valence electrons. The number of unbranched alkanes of at least 4 members (excludes halogenated alkanes) is 15. The lowest BCUT2D eigenvalue weighted by atomic mass is 9.95. The molecular weight excluding hydrogens is 727 g/mol. The molecule has 12 heteroatoms. The summed E-state index contributed by atoms with van der Waals surface area (Å²) in [5, 5.41) is 36.9. The topological polar surface area (TPSA) is 175 Å². The van der Waals surface area contributed by atoms with Gasteiger partial charge in [0.1, 0.15) is 30.4 Å². The van der Waals surface area contributed by atoms with Crippen LogP contribution in [0.3, 0.4) is 0 Å². The number of nitrogens with one attached hydrogen (secondary N) is 2. The lowest BCUT2D eigenvalue weighted by Gasteiger charge is -2.44. The minimum atomic E-state index is -1.49. The minimum Gasteiger partial charge on any atom is -0.481 e. The Morgan fingerprint density at radius 2 is 1.35 bits per heavy atom. The monoisotopic (exact) mass is 804 g/mol. The number of carboxylic acid groups (broad SMARTS) is 1. The highest BCUT2D eigenvalue weighted by atomic mass is 16.7. The first-order chi connectivity index (χ1) is 27.5. The molecule has 1 aliphatic rings. The van der Waals surface area contributed by atoms with Crippen molar-refractivity contribution >= 4 is 23.7 Å². The van der Waals surface area contributed by atoms with Gasteiger partial charge in [-0.3, -0.25) is 19.2 Å². The van der Waals surface area contributed by atoms with Crippen LogP contribution in [0.2, 0.25) is 0 Å². The van der Waals surface area contributed by atoms with Crippen LogP contribution in [-0.4, -0.2) is 101 Å². The van der Waals surface area contributed by atoms with Crippen molar-refractivity contribution in [2.45, 2.75) is 199 Å². The molecule has 1 fully saturated rings. The summed E-state index contributed by atoms with van der Waals surface area (Å²) < 4.78 is 11.7. The second-order valence-corrected chi connectivity index (χ2v) is 16.4. The fourth-order valence-corrected chi connectivity index (χ4v) is 7.51. The van der Waals surface area contributed by atoms with E-state index in [1.807, 2.05) is 32.0 Å². The van der Waals surface area contributed by atoms with Gasteiger partial charge in [-0.15, -0.1) is 0 Å². The Kier molecular flexibility index (Phi) is 26.4. The number of carbonyl (C=O) groups excluding carboxylic acids is 3. The van der Waals surface area contributed by atoms with Gasteiger partial charge in [-0.1, -0.05) is 141 Å². The van der Waals surface area contributed by atoms with Crippen LogP contribution in [0.4, 0.5) is 0 Å². The zero-order valence-corrected chi connectivity index (χ0v) is 35.6. The third-order valence-corrected chi connectivity index (χ3v) is 10.9. The molecule has 0 unspecified atom stereocenters. The zero-order valence-electron chi connectivity index (χ0n) is 35.6. The Labute approximate surface area is 343 Å². The van der Waals surface area contributed by atoms with E-state index in [0.29, 0.717) is 13.0 Å². The number of amides is 3. The van der Waals surface area contributed by atoms with Gasteiger partial charge in [-0.25, -0.2) is 0 Å². The normalized spacial score (nSPS) is 19.9. The van der Waals surface area contributed by atoms with Crippen LogP contribution in [0.1, 0.15) is 161 Å². The van der Waals surface area contributed by atoms with Gasteiger partial charge in [-0.05, 0) is 43.6 Å². The summed E-state index contributed by atoms with van der Waals surface area (Å²) in [7, 11) is 1.37. The number of methoxy groups -OCH3 is 1. The Morgan fingerprint density at radius 1 is 0.772 bits per heavy atom. The summed E-state index contributed by atoms with van der Waals surface area (Å²) in [6.07, 6.45) is 16.1.